The van der Waals surface area contributed by atoms with Gasteiger partial charge in [0.15, 0.2) is 0 Å². The monoisotopic (exact) mass is 213 g/mol. The van der Waals surface area contributed by atoms with Gasteiger partial charge in [-0.25, -0.2) is 0 Å². The smallest absolute Gasteiger partial charge is 0.0662 e. The largest absolute Gasteiger partial charge is 0.394 e. The third-order valence-corrected chi connectivity index (χ3v) is 2.20. The first kappa shape index (κ1) is 12.2. The highest BCUT2D eigenvalue weighted by atomic mass is 16.3. The average Bonchev–Trinajstić information content (AvgIpc) is 2.66. The Morgan fingerprint density at radius 2 is 2.40 bits per heavy atom. The van der Waals surface area contributed by atoms with Crippen LogP contribution in [0.15, 0.2) is 12.4 Å². The van der Waals surface area contributed by atoms with Crippen molar-refractivity contribution in [3.8, 4) is 0 Å². The van der Waals surface area contributed by atoms with Gasteiger partial charge in [0.1, 0.15) is 0 Å². The second kappa shape index (κ2) is 6.55. The van der Waals surface area contributed by atoms with Crippen LogP contribution in [0.1, 0.15) is 18.9 Å². The average molecular weight is 213 g/mol. The normalized spacial score (nSPS) is 13.0. The molecule has 1 aromatic rings. The molecule has 0 aliphatic carbocycles. The van der Waals surface area contributed by atoms with E-state index in [0.717, 1.165) is 12.0 Å². The van der Waals surface area contributed by atoms with Crippen molar-refractivity contribution in [1.29, 1.82) is 0 Å². The van der Waals surface area contributed by atoms with Gasteiger partial charge in [-0.2, -0.15) is 5.10 Å². The molecule has 15 heavy (non-hydrogen) atoms. The van der Waals surface area contributed by atoms with E-state index in [2.05, 4.69) is 10.4 Å². The molecule has 0 saturated carbocycles. The fourth-order valence-corrected chi connectivity index (χ4v) is 1.25. The van der Waals surface area contributed by atoms with Crippen LogP contribution in [-0.2, 0) is 13.1 Å². The molecular formula is C10H19N3O2. The molecule has 86 valence electrons. The maximum absolute atomic E-state index is 9.31. The first-order valence-electron chi connectivity index (χ1n) is 5.27. The molecule has 0 amide bonds. The number of nitrogens with zero attached hydrogens (tertiary/aromatic N) is 2. The van der Waals surface area contributed by atoms with Gasteiger partial charge >= 0.3 is 0 Å². The summed E-state index contributed by atoms with van der Waals surface area (Å²) in [5, 5.41) is 25.2. The Labute approximate surface area is 89.7 Å². The second-order valence-electron chi connectivity index (χ2n) is 3.53. The van der Waals surface area contributed by atoms with E-state index in [1.54, 1.807) is 10.9 Å². The molecule has 0 aromatic carbocycles. The van der Waals surface area contributed by atoms with Crippen LogP contribution in [0.4, 0.5) is 0 Å². The first-order valence-corrected chi connectivity index (χ1v) is 5.27. The van der Waals surface area contributed by atoms with E-state index in [4.69, 9.17) is 5.11 Å². The van der Waals surface area contributed by atoms with E-state index in [1.165, 1.54) is 0 Å². The second-order valence-corrected chi connectivity index (χ2v) is 3.53. The number of aromatic nitrogens is 2. The maximum atomic E-state index is 9.31. The molecule has 1 rings (SSSR count). The maximum Gasteiger partial charge on any atom is 0.0662 e. The topological polar surface area (TPSA) is 70.3 Å². The van der Waals surface area contributed by atoms with Gasteiger partial charge in [-0.1, -0.05) is 6.92 Å². The summed E-state index contributed by atoms with van der Waals surface area (Å²) < 4.78 is 1.70. The van der Waals surface area contributed by atoms with Crippen LogP contribution in [0.5, 0.6) is 0 Å². The van der Waals surface area contributed by atoms with Crippen LogP contribution in [0.3, 0.4) is 0 Å². The first-order chi connectivity index (χ1) is 7.26. The zero-order valence-corrected chi connectivity index (χ0v) is 9.06. The molecule has 1 unspecified atom stereocenters. The SMILES string of the molecule is CCC(O)CNCc1cnn(CCO)c1. The highest BCUT2D eigenvalue weighted by molar-refractivity contribution is 5.03. The van der Waals surface area contributed by atoms with Gasteiger partial charge < -0.3 is 15.5 Å². The summed E-state index contributed by atoms with van der Waals surface area (Å²) in [6.07, 6.45) is 4.14. The number of aliphatic hydroxyl groups excluding tert-OH is 2. The van der Waals surface area contributed by atoms with Gasteiger partial charge in [0.05, 0.1) is 25.5 Å². The van der Waals surface area contributed by atoms with Crippen molar-refractivity contribution < 1.29 is 10.2 Å². The lowest BCUT2D eigenvalue weighted by Crippen LogP contribution is -2.25. The molecule has 5 heteroatoms. The standard InChI is InChI=1S/C10H19N3O2/c1-2-10(15)7-11-5-9-6-12-13(8-9)3-4-14/h6,8,10-11,14-15H,2-5,7H2,1H3. The van der Waals surface area contributed by atoms with E-state index in [0.29, 0.717) is 19.6 Å². The van der Waals surface area contributed by atoms with Crippen molar-refractivity contribution >= 4 is 0 Å². The molecule has 0 radical (unpaired) electrons. The predicted octanol–water partition coefficient (Wildman–Crippen LogP) is -0.264. The van der Waals surface area contributed by atoms with Gasteiger partial charge in [-0.15, -0.1) is 0 Å². The summed E-state index contributed by atoms with van der Waals surface area (Å²) in [6.45, 7) is 3.87. The molecule has 0 saturated heterocycles. The summed E-state index contributed by atoms with van der Waals surface area (Å²) in [5.41, 5.74) is 1.06. The van der Waals surface area contributed by atoms with E-state index in [-0.39, 0.29) is 12.7 Å². The molecule has 0 aliphatic rings. The highest BCUT2D eigenvalue weighted by Gasteiger charge is 2.01. The summed E-state index contributed by atoms with van der Waals surface area (Å²) in [4.78, 5) is 0. The van der Waals surface area contributed by atoms with Crippen LogP contribution in [-0.4, -0.2) is 39.2 Å². The Morgan fingerprint density at radius 1 is 1.60 bits per heavy atom. The minimum Gasteiger partial charge on any atom is -0.394 e. The number of aliphatic hydroxyl groups is 2. The molecule has 0 bridgehead atoms. The lowest BCUT2D eigenvalue weighted by atomic mass is 10.2. The number of hydrogen-bond donors (Lipinski definition) is 3. The van der Waals surface area contributed by atoms with E-state index in [1.807, 2.05) is 13.1 Å². The van der Waals surface area contributed by atoms with Crippen molar-refractivity contribution in [2.45, 2.75) is 32.5 Å². The molecule has 0 spiro atoms. The van der Waals surface area contributed by atoms with Crippen LogP contribution >= 0.6 is 0 Å². The molecule has 0 aliphatic heterocycles. The Balaban J connectivity index is 2.25. The third-order valence-electron chi connectivity index (χ3n) is 2.20. The van der Waals surface area contributed by atoms with Crippen molar-refractivity contribution in [2.75, 3.05) is 13.2 Å². The summed E-state index contributed by atoms with van der Waals surface area (Å²) >= 11 is 0. The van der Waals surface area contributed by atoms with Crippen LogP contribution in [0.25, 0.3) is 0 Å². The van der Waals surface area contributed by atoms with Gasteiger partial charge in [0.2, 0.25) is 0 Å². The number of hydrogen-bond acceptors (Lipinski definition) is 4. The van der Waals surface area contributed by atoms with Gasteiger partial charge in [0.25, 0.3) is 0 Å². The van der Waals surface area contributed by atoms with E-state index < -0.39 is 0 Å². The Morgan fingerprint density at radius 3 is 3.07 bits per heavy atom. The molecule has 1 heterocycles. The minimum atomic E-state index is -0.280. The fraction of sp³-hybridized carbons (Fsp3) is 0.700. The zero-order chi connectivity index (χ0) is 11.1. The van der Waals surface area contributed by atoms with Gasteiger partial charge in [-0.3, -0.25) is 4.68 Å². The highest BCUT2D eigenvalue weighted by Crippen LogP contribution is 1.97. The molecule has 1 aromatic heterocycles. The van der Waals surface area contributed by atoms with Crippen LogP contribution < -0.4 is 5.32 Å². The van der Waals surface area contributed by atoms with Crippen molar-refractivity contribution in [2.24, 2.45) is 0 Å². The lowest BCUT2D eigenvalue weighted by Gasteiger charge is -2.07. The molecule has 3 N–H and O–H groups in total. The lowest BCUT2D eigenvalue weighted by molar-refractivity contribution is 0.167. The van der Waals surface area contributed by atoms with Gasteiger partial charge in [0, 0.05) is 24.8 Å². The van der Waals surface area contributed by atoms with Crippen LogP contribution in [0.2, 0.25) is 0 Å². The zero-order valence-electron chi connectivity index (χ0n) is 9.06. The fourth-order valence-electron chi connectivity index (χ4n) is 1.25. The predicted molar refractivity (Wildman–Crippen MR) is 57.3 cm³/mol. The Hall–Kier alpha value is -0.910. The van der Waals surface area contributed by atoms with E-state index >= 15 is 0 Å². The summed E-state index contributed by atoms with van der Waals surface area (Å²) in [5.74, 6) is 0. The number of nitrogens with one attached hydrogen (secondary N) is 1. The minimum absolute atomic E-state index is 0.100. The Kier molecular flexibility index (Phi) is 5.31. The van der Waals surface area contributed by atoms with Crippen molar-refractivity contribution in [1.82, 2.24) is 15.1 Å². The third kappa shape index (κ3) is 4.42. The van der Waals surface area contributed by atoms with Crippen molar-refractivity contribution in [3.05, 3.63) is 18.0 Å². The summed E-state index contributed by atoms with van der Waals surface area (Å²) in [7, 11) is 0. The molecule has 1 atom stereocenters. The number of rotatable bonds is 7. The van der Waals surface area contributed by atoms with Gasteiger partial charge in [-0.05, 0) is 6.42 Å². The Bertz CT molecular complexity index is 275. The quantitative estimate of drug-likeness (QED) is 0.583. The molecular weight excluding hydrogens is 194 g/mol. The summed E-state index contributed by atoms with van der Waals surface area (Å²) in [6, 6.07) is 0. The molecule has 0 fully saturated rings. The van der Waals surface area contributed by atoms with Crippen LogP contribution in [0, 0.1) is 0 Å². The van der Waals surface area contributed by atoms with E-state index in [9.17, 15) is 5.11 Å². The molecule has 5 nitrogen and oxygen atoms in total. The van der Waals surface area contributed by atoms with Crippen molar-refractivity contribution in [3.63, 3.8) is 0 Å².